The molecule has 26 heavy (non-hydrogen) atoms. The Labute approximate surface area is 150 Å². The highest BCUT2D eigenvalue weighted by Crippen LogP contribution is 2.27. The van der Waals surface area contributed by atoms with Gasteiger partial charge in [0.1, 0.15) is 11.4 Å². The maximum atomic E-state index is 12.9. The predicted molar refractivity (Wildman–Crippen MR) is 102 cm³/mol. The monoisotopic (exact) mass is 346 g/mol. The summed E-state index contributed by atoms with van der Waals surface area (Å²) in [5, 5.41) is 10.8. The van der Waals surface area contributed by atoms with Crippen LogP contribution in [0.3, 0.4) is 0 Å². The molecular formula is C20H18N4O2. The summed E-state index contributed by atoms with van der Waals surface area (Å²) in [4.78, 5) is 16.2. The van der Waals surface area contributed by atoms with Crippen LogP contribution < -0.4 is 10.1 Å². The van der Waals surface area contributed by atoms with Crippen molar-refractivity contribution in [3.63, 3.8) is 0 Å². The average molecular weight is 346 g/mol. The van der Waals surface area contributed by atoms with Crippen LogP contribution in [0.4, 0.5) is 5.69 Å². The first kappa shape index (κ1) is 16.0. The smallest absolute Gasteiger partial charge is 0.256 e. The fourth-order valence-corrected chi connectivity index (χ4v) is 2.99. The van der Waals surface area contributed by atoms with Crippen molar-refractivity contribution >= 4 is 22.5 Å². The fourth-order valence-electron chi connectivity index (χ4n) is 2.99. The van der Waals surface area contributed by atoms with E-state index >= 15 is 0 Å². The second-order valence-corrected chi connectivity index (χ2v) is 6.04. The Bertz CT molecular complexity index is 1080. The summed E-state index contributed by atoms with van der Waals surface area (Å²) in [6.45, 7) is 1.94. The summed E-state index contributed by atoms with van der Waals surface area (Å²) in [6.07, 6.45) is 1.76. The number of anilines is 1. The Morgan fingerprint density at radius 2 is 2.04 bits per heavy atom. The van der Waals surface area contributed by atoms with E-state index in [0.717, 1.165) is 39.3 Å². The lowest BCUT2D eigenvalue weighted by Crippen LogP contribution is -2.13. The highest BCUT2D eigenvalue weighted by molar-refractivity contribution is 6.13. The molecule has 0 bridgehead atoms. The van der Waals surface area contributed by atoms with Crippen LogP contribution in [-0.2, 0) is 0 Å². The molecule has 0 saturated heterocycles. The average Bonchev–Trinajstić information content (AvgIpc) is 3.32. The van der Waals surface area contributed by atoms with Gasteiger partial charge >= 0.3 is 0 Å². The van der Waals surface area contributed by atoms with Crippen molar-refractivity contribution in [2.75, 3.05) is 12.4 Å². The number of carbonyl (C=O) groups is 1. The predicted octanol–water partition coefficient (Wildman–Crippen LogP) is 4.13. The van der Waals surface area contributed by atoms with E-state index in [4.69, 9.17) is 4.74 Å². The van der Waals surface area contributed by atoms with Gasteiger partial charge in [0.25, 0.3) is 5.91 Å². The van der Waals surface area contributed by atoms with Crippen LogP contribution >= 0.6 is 0 Å². The van der Waals surface area contributed by atoms with Crippen LogP contribution in [-0.4, -0.2) is 28.2 Å². The fraction of sp³-hybridized carbons (Fsp3) is 0.100. The van der Waals surface area contributed by atoms with Gasteiger partial charge in [-0.15, -0.1) is 0 Å². The Morgan fingerprint density at radius 1 is 1.15 bits per heavy atom. The number of nitrogens with one attached hydrogen (secondary N) is 3. The van der Waals surface area contributed by atoms with Crippen molar-refractivity contribution < 1.29 is 9.53 Å². The van der Waals surface area contributed by atoms with Crippen molar-refractivity contribution in [1.82, 2.24) is 15.2 Å². The van der Waals surface area contributed by atoms with E-state index in [1.807, 2.05) is 55.5 Å². The van der Waals surface area contributed by atoms with Gasteiger partial charge in [-0.2, -0.15) is 5.10 Å². The highest BCUT2D eigenvalue weighted by Gasteiger charge is 2.14. The molecule has 0 unspecified atom stereocenters. The number of amides is 1. The van der Waals surface area contributed by atoms with E-state index in [2.05, 4.69) is 20.5 Å². The number of rotatable bonds is 4. The molecule has 2 aromatic carbocycles. The number of ether oxygens (including phenoxy) is 1. The van der Waals surface area contributed by atoms with Crippen molar-refractivity contribution in [2.24, 2.45) is 0 Å². The van der Waals surface area contributed by atoms with Crippen LogP contribution in [0.1, 0.15) is 15.9 Å². The summed E-state index contributed by atoms with van der Waals surface area (Å²) in [6, 6.07) is 15.0. The Morgan fingerprint density at radius 3 is 2.77 bits per heavy atom. The van der Waals surface area contributed by atoms with Gasteiger partial charge in [-0.05, 0) is 55.0 Å². The van der Waals surface area contributed by atoms with Gasteiger partial charge in [0.15, 0.2) is 0 Å². The molecule has 6 nitrogen and oxygen atoms in total. The number of aromatic nitrogens is 3. The molecule has 1 amide bonds. The molecule has 0 atom stereocenters. The summed E-state index contributed by atoms with van der Waals surface area (Å²) in [7, 11) is 1.62. The zero-order valence-corrected chi connectivity index (χ0v) is 14.5. The minimum absolute atomic E-state index is 0.156. The second-order valence-electron chi connectivity index (χ2n) is 6.04. The number of aromatic amines is 2. The van der Waals surface area contributed by atoms with Gasteiger partial charge < -0.3 is 15.0 Å². The lowest BCUT2D eigenvalue weighted by Gasteiger charge is -2.10. The van der Waals surface area contributed by atoms with Crippen LogP contribution in [0.25, 0.3) is 22.3 Å². The quantitative estimate of drug-likeness (QED) is 0.520. The lowest BCUT2D eigenvalue weighted by molar-refractivity contribution is 0.102. The molecule has 2 aromatic heterocycles. The summed E-state index contributed by atoms with van der Waals surface area (Å²) in [5.41, 5.74) is 4.87. The second kappa shape index (κ2) is 6.40. The van der Waals surface area contributed by atoms with Crippen molar-refractivity contribution in [1.29, 1.82) is 0 Å². The summed E-state index contributed by atoms with van der Waals surface area (Å²) in [5.74, 6) is 0.605. The van der Waals surface area contributed by atoms with E-state index in [1.54, 1.807) is 13.3 Å². The van der Waals surface area contributed by atoms with Gasteiger partial charge in [0.2, 0.25) is 0 Å². The zero-order valence-electron chi connectivity index (χ0n) is 14.5. The number of methoxy groups -OCH3 is 1. The molecule has 0 aliphatic carbocycles. The van der Waals surface area contributed by atoms with Gasteiger partial charge in [0, 0.05) is 28.4 Å². The van der Waals surface area contributed by atoms with Crippen LogP contribution in [0.15, 0.2) is 54.7 Å². The molecule has 0 spiro atoms. The summed E-state index contributed by atoms with van der Waals surface area (Å²) >= 11 is 0. The minimum atomic E-state index is -0.156. The van der Waals surface area contributed by atoms with E-state index in [-0.39, 0.29) is 5.91 Å². The Balaban J connectivity index is 1.69. The number of carbonyl (C=O) groups excluding carboxylic acids is 1. The first-order valence-electron chi connectivity index (χ1n) is 8.23. The first-order valence-corrected chi connectivity index (χ1v) is 8.23. The van der Waals surface area contributed by atoms with Gasteiger partial charge in [-0.3, -0.25) is 9.89 Å². The van der Waals surface area contributed by atoms with Gasteiger partial charge in [-0.1, -0.05) is 6.07 Å². The molecular weight excluding hydrogens is 328 g/mol. The van der Waals surface area contributed by atoms with E-state index in [1.165, 1.54) is 0 Å². The number of hydrogen-bond donors (Lipinski definition) is 3. The zero-order chi connectivity index (χ0) is 18.1. The maximum Gasteiger partial charge on any atom is 0.256 e. The van der Waals surface area contributed by atoms with Gasteiger partial charge in [0.05, 0.1) is 12.8 Å². The molecule has 0 fully saturated rings. The van der Waals surface area contributed by atoms with E-state index in [0.29, 0.717) is 5.56 Å². The maximum absolute atomic E-state index is 12.9. The number of benzene rings is 2. The van der Waals surface area contributed by atoms with Crippen LogP contribution in [0, 0.1) is 6.92 Å². The molecule has 4 aromatic rings. The number of nitrogens with zero attached hydrogens (tertiary/aromatic N) is 1. The third kappa shape index (κ3) is 2.82. The van der Waals surface area contributed by atoms with Crippen molar-refractivity contribution in [2.45, 2.75) is 6.92 Å². The molecule has 0 radical (unpaired) electrons. The van der Waals surface area contributed by atoms with Crippen molar-refractivity contribution in [3.05, 3.63) is 65.9 Å². The Kier molecular flexibility index (Phi) is 3.93. The van der Waals surface area contributed by atoms with E-state index in [9.17, 15) is 4.79 Å². The SMILES string of the molecule is COc1ccc(NC(=O)c2cccc3[nH]c(-c4cc[nH]n4)cc23)c(C)c1. The highest BCUT2D eigenvalue weighted by atomic mass is 16.5. The Hall–Kier alpha value is -3.54. The molecule has 2 heterocycles. The van der Waals surface area contributed by atoms with Crippen LogP contribution in [0.2, 0.25) is 0 Å². The molecule has 130 valence electrons. The molecule has 3 N–H and O–H groups in total. The first-order chi connectivity index (χ1) is 12.7. The van der Waals surface area contributed by atoms with Crippen molar-refractivity contribution in [3.8, 4) is 17.1 Å². The normalized spacial score (nSPS) is 10.8. The summed E-state index contributed by atoms with van der Waals surface area (Å²) < 4.78 is 5.21. The molecule has 0 aliphatic heterocycles. The lowest BCUT2D eigenvalue weighted by atomic mass is 10.1. The standard InChI is InChI=1S/C20H18N4O2/c1-12-10-13(26-2)6-7-16(12)23-20(25)14-4-3-5-17-15(14)11-19(22-17)18-8-9-21-24-18/h3-11,22H,1-2H3,(H,21,24)(H,23,25). The van der Waals surface area contributed by atoms with E-state index < -0.39 is 0 Å². The molecule has 6 heteroatoms. The molecule has 0 saturated carbocycles. The molecule has 0 aliphatic rings. The minimum Gasteiger partial charge on any atom is -0.497 e. The number of H-pyrrole nitrogens is 2. The number of fused-ring (bicyclic) bond motifs is 1. The molecule has 4 rings (SSSR count). The van der Waals surface area contributed by atoms with Gasteiger partial charge in [-0.25, -0.2) is 0 Å². The van der Waals surface area contributed by atoms with Crippen LogP contribution in [0.5, 0.6) is 5.75 Å². The number of hydrogen-bond acceptors (Lipinski definition) is 3. The third-order valence-electron chi connectivity index (χ3n) is 4.37. The largest absolute Gasteiger partial charge is 0.497 e. The third-order valence-corrected chi connectivity index (χ3v) is 4.37. The number of aryl methyl sites for hydroxylation is 1. The topological polar surface area (TPSA) is 82.8 Å².